The highest BCUT2D eigenvalue weighted by molar-refractivity contribution is 5.48. The Bertz CT molecular complexity index is 338. The van der Waals surface area contributed by atoms with Crippen molar-refractivity contribution in [3.63, 3.8) is 0 Å². The molecule has 13 heavy (non-hydrogen) atoms. The molecule has 3 heteroatoms. The van der Waals surface area contributed by atoms with Gasteiger partial charge in [-0.25, -0.2) is 4.39 Å². The molecule has 0 saturated heterocycles. The number of hydrogen-bond donors (Lipinski definition) is 2. The number of hydrogen-bond acceptors (Lipinski definition) is 2. The van der Waals surface area contributed by atoms with Gasteiger partial charge in [-0.05, 0) is 36.0 Å². The molecule has 1 aromatic rings. The zero-order valence-electron chi connectivity index (χ0n) is 7.26. The van der Waals surface area contributed by atoms with E-state index in [-0.39, 0.29) is 24.0 Å². The van der Waals surface area contributed by atoms with E-state index < -0.39 is 0 Å². The first-order valence-corrected chi connectivity index (χ1v) is 4.39. The molecular weight excluding hydrogens is 169 g/mol. The maximum absolute atomic E-state index is 13.4. The van der Waals surface area contributed by atoms with E-state index >= 15 is 0 Å². The normalized spacial score (nSPS) is 20.3. The second kappa shape index (κ2) is 3.00. The molecule has 0 spiro atoms. The van der Waals surface area contributed by atoms with Gasteiger partial charge in [0.2, 0.25) is 0 Å². The van der Waals surface area contributed by atoms with Gasteiger partial charge >= 0.3 is 0 Å². The monoisotopic (exact) mass is 181 g/mol. The Morgan fingerprint density at radius 2 is 2.23 bits per heavy atom. The van der Waals surface area contributed by atoms with Crippen LogP contribution >= 0.6 is 0 Å². The van der Waals surface area contributed by atoms with Crippen molar-refractivity contribution in [1.29, 1.82) is 0 Å². The molecule has 1 aromatic carbocycles. The van der Waals surface area contributed by atoms with E-state index in [1.807, 2.05) is 6.07 Å². The zero-order chi connectivity index (χ0) is 9.42. The predicted molar refractivity (Wildman–Crippen MR) is 48.8 cm³/mol. The van der Waals surface area contributed by atoms with E-state index in [1.54, 1.807) is 6.07 Å². The molecule has 0 saturated carbocycles. The quantitative estimate of drug-likeness (QED) is 0.637. The van der Waals surface area contributed by atoms with Crippen molar-refractivity contribution in [2.75, 3.05) is 12.3 Å². The maximum atomic E-state index is 13.4. The van der Waals surface area contributed by atoms with Crippen LogP contribution in [0.3, 0.4) is 0 Å². The predicted octanol–water partition coefficient (Wildman–Crippen LogP) is 1.11. The molecule has 0 radical (unpaired) electrons. The van der Waals surface area contributed by atoms with Gasteiger partial charge in [-0.2, -0.15) is 0 Å². The van der Waals surface area contributed by atoms with Gasteiger partial charge in [-0.1, -0.05) is 6.07 Å². The molecule has 0 heterocycles. The summed E-state index contributed by atoms with van der Waals surface area (Å²) in [6.45, 7) is 0.119. The van der Waals surface area contributed by atoms with Crippen LogP contribution in [0.5, 0.6) is 0 Å². The molecule has 0 aromatic heterocycles. The summed E-state index contributed by atoms with van der Waals surface area (Å²) < 4.78 is 13.4. The van der Waals surface area contributed by atoms with Crippen molar-refractivity contribution < 1.29 is 9.50 Å². The van der Waals surface area contributed by atoms with Crippen LogP contribution in [0.25, 0.3) is 0 Å². The van der Waals surface area contributed by atoms with Gasteiger partial charge < -0.3 is 10.8 Å². The number of aliphatic hydroxyl groups excluding tert-OH is 1. The van der Waals surface area contributed by atoms with Crippen molar-refractivity contribution in [1.82, 2.24) is 0 Å². The van der Waals surface area contributed by atoms with Crippen LogP contribution in [0.2, 0.25) is 0 Å². The lowest BCUT2D eigenvalue weighted by Gasteiger charge is -2.02. The highest BCUT2D eigenvalue weighted by Crippen LogP contribution is 2.30. The smallest absolute Gasteiger partial charge is 0.149 e. The minimum Gasteiger partial charge on any atom is -0.396 e. The average Bonchev–Trinajstić information content (AvgIpc) is 2.55. The van der Waals surface area contributed by atoms with E-state index in [0.29, 0.717) is 12.0 Å². The lowest BCUT2D eigenvalue weighted by Crippen LogP contribution is -2.04. The number of fused-ring (bicyclic) bond motifs is 1. The van der Waals surface area contributed by atoms with Gasteiger partial charge in [0.25, 0.3) is 0 Å². The Hall–Kier alpha value is -1.09. The Balaban J connectivity index is 2.40. The van der Waals surface area contributed by atoms with Gasteiger partial charge in [-0.15, -0.1) is 0 Å². The molecule has 0 fully saturated rings. The van der Waals surface area contributed by atoms with Crippen molar-refractivity contribution >= 4 is 5.69 Å². The van der Waals surface area contributed by atoms with Crippen LogP contribution in [-0.2, 0) is 12.8 Å². The summed E-state index contributed by atoms with van der Waals surface area (Å²) in [5.74, 6) is -0.125. The minimum absolute atomic E-state index is 0.119. The molecule has 0 aliphatic heterocycles. The third-order valence-corrected chi connectivity index (χ3v) is 2.63. The summed E-state index contributed by atoms with van der Waals surface area (Å²) in [4.78, 5) is 0. The van der Waals surface area contributed by atoms with Crippen molar-refractivity contribution in [3.05, 3.63) is 29.1 Å². The Morgan fingerprint density at radius 3 is 2.92 bits per heavy atom. The molecule has 1 aliphatic carbocycles. The van der Waals surface area contributed by atoms with Crippen LogP contribution in [-0.4, -0.2) is 11.7 Å². The first-order valence-electron chi connectivity index (χ1n) is 4.39. The van der Waals surface area contributed by atoms with Crippen molar-refractivity contribution in [2.45, 2.75) is 12.8 Å². The van der Waals surface area contributed by atoms with E-state index in [1.165, 1.54) is 0 Å². The molecule has 2 rings (SSSR count). The number of aliphatic hydroxyl groups is 1. The molecule has 0 bridgehead atoms. The number of nitrogen functional groups attached to an aromatic ring is 1. The Kier molecular flexibility index (Phi) is 1.96. The third-order valence-electron chi connectivity index (χ3n) is 2.63. The first kappa shape index (κ1) is 8.51. The molecule has 1 unspecified atom stereocenters. The second-order valence-electron chi connectivity index (χ2n) is 3.56. The minimum atomic E-state index is -0.298. The second-order valence-corrected chi connectivity index (χ2v) is 3.56. The lowest BCUT2D eigenvalue weighted by molar-refractivity contribution is 0.232. The fraction of sp³-hybridized carbons (Fsp3) is 0.400. The third kappa shape index (κ3) is 1.29. The van der Waals surface area contributed by atoms with E-state index in [9.17, 15) is 4.39 Å². The van der Waals surface area contributed by atoms with Crippen LogP contribution in [0.4, 0.5) is 10.1 Å². The van der Waals surface area contributed by atoms with Crippen LogP contribution < -0.4 is 5.73 Å². The Labute approximate surface area is 76.2 Å². The molecule has 3 N–H and O–H groups in total. The summed E-state index contributed by atoms with van der Waals surface area (Å²) in [5.41, 5.74) is 7.33. The van der Waals surface area contributed by atoms with Crippen LogP contribution in [0.1, 0.15) is 11.1 Å². The molecule has 0 amide bonds. The highest BCUT2D eigenvalue weighted by atomic mass is 19.1. The molecule has 1 aliphatic rings. The number of nitrogens with two attached hydrogens (primary N) is 1. The van der Waals surface area contributed by atoms with Crippen LogP contribution in [0, 0.1) is 11.7 Å². The van der Waals surface area contributed by atoms with Gasteiger partial charge in [0.05, 0.1) is 5.69 Å². The van der Waals surface area contributed by atoms with E-state index in [4.69, 9.17) is 10.8 Å². The van der Waals surface area contributed by atoms with Gasteiger partial charge in [-0.3, -0.25) is 0 Å². The summed E-state index contributed by atoms with van der Waals surface area (Å²) in [6.07, 6.45) is 1.38. The maximum Gasteiger partial charge on any atom is 0.149 e. The fourth-order valence-electron chi connectivity index (χ4n) is 1.89. The zero-order valence-corrected chi connectivity index (χ0v) is 7.26. The van der Waals surface area contributed by atoms with E-state index in [0.717, 1.165) is 12.0 Å². The topological polar surface area (TPSA) is 46.2 Å². The van der Waals surface area contributed by atoms with E-state index in [2.05, 4.69) is 0 Å². The molecule has 2 nitrogen and oxygen atoms in total. The molecular formula is C10H12FNO. The SMILES string of the molecule is Nc1ccc2c(c1F)CC(CO)C2. The van der Waals surface area contributed by atoms with Gasteiger partial charge in [0, 0.05) is 6.61 Å². The lowest BCUT2D eigenvalue weighted by atomic mass is 10.1. The summed E-state index contributed by atoms with van der Waals surface area (Å²) in [6, 6.07) is 3.44. The van der Waals surface area contributed by atoms with Gasteiger partial charge in [0.1, 0.15) is 5.82 Å². The number of anilines is 1. The van der Waals surface area contributed by atoms with Crippen molar-refractivity contribution in [3.8, 4) is 0 Å². The van der Waals surface area contributed by atoms with Crippen molar-refractivity contribution in [2.24, 2.45) is 5.92 Å². The Morgan fingerprint density at radius 1 is 1.46 bits per heavy atom. The standard InChI is InChI=1S/C10H12FNO/c11-10-8-4-6(5-13)3-7(8)1-2-9(10)12/h1-2,6,13H,3-5,12H2. The number of benzene rings is 1. The largest absolute Gasteiger partial charge is 0.396 e. The molecule has 70 valence electrons. The fourth-order valence-corrected chi connectivity index (χ4v) is 1.89. The first-order chi connectivity index (χ1) is 6.22. The van der Waals surface area contributed by atoms with Gasteiger partial charge in [0.15, 0.2) is 0 Å². The average molecular weight is 181 g/mol. The summed E-state index contributed by atoms with van der Waals surface area (Å²) in [5, 5.41) is 8.94. The summed E-state index contributed by atoms with van der Waals surface area (Å²) >= 11 is 0. The summed E-state index contributed by atoms with van der Waals surface area (Å²) in [7, 11) is 0. The highest BCUT2D eigenvalue weighted by Gasteiger charge is 2.24. The van der Waals surface area contributed by atoms with Crippen LogP contribution in [0.15, 0.2) is 12.1 Å². The number of halogens is 1. The number of rotatable bonds is 1. The molecule has 1 atom stereocenters.